The van der Waals surface area contributed by atoms with Crippen LogP contribution in [0.15, 0.2) is 50.8 Å². The van der Waals surface area contributed by atoms with E-state index in [4.69, 9.17) is 33.7 Å². The first-order chi connectivity index (χ1) is 68.9. The van der Waals surface area contributed by atoms with E-state index in [1.54, 1.807) is 45.3 Å². The number of aryl methyl sites for hydroxylation is 1. The summed E-state index contributed by atoms with van der Waals surface area (Å²) in [6.07, 6.45) is 52.5. The van der Waals surface area contributed by atoms with Gasteiger partial charge >= 0.3 is 6.15 Å². The zero-order chi connectivity index (χ0) is 102. The first-order valence-electron chi connectivity index (χ1n) is 60.0. The Morgan fingerprint density at radius 2 is 0.834 bits per heavy atom. The number of Topliss-reactive ketones (excluding diaryl/α,β-unsaturated/α-hetero) is 1. The summed E-state index contributed by atoms with van der Waals surface area (Å²) in [7, 11) is 0.113. The third kappa shape index (κ3) is 19.1. The molecule has 25 rings (SSSR count). The Morgan fingerprint density at radius 3 is 1.23 bits per heavy atom. The Bertz CT molecular complexity index is 5250. The van der Waals surface area contributed by atoms with Crippen molar-refractivity contribution in [2.24, 2.45) is 169 Å². The van der Waals surface area contributed by atoms with E-state index in [1.165, 1.54) is 186 Å². The summed E-state index contributed by atoms with van der Waals surface area (Å²) in [4.78, 5) is 57.1. The van der Waals surface area contributed by atoms with E-state index in [0.717, 1.165) is 191 Å². The Kier molecular flexibility index (Phi) is 29.6. The van der Waals surface area contributed by atoms with Gasteiger partial charge in [0.15, 0.2) is 0 Å². The molecule has 8 saturated heterocycles. The van der Waals surface area contributed by atoms with Crippen molar-refractivity contribution in [2.45, 2.75) is 471 Å². The number of allylic oxidation sites excluding steroid dienone is 4. The van der Waals surface area contributed by atoms with E-state index in [9.17, 15) is 22.8 Å². The van der Waals surface area contributed by atoms with Crippen LogP contribution in [-0.2, 0) is 53.1 Å². The molecule has 808 valence electrons. The van der Waals surface area contributed by atoms with Crippen LogP contribution in [0.4, 0.5) is 0 Å². The van der Waals surface area contributed by atoms with Gasteiger partial charge in [-0.15, -0.1) is 5.10 Å². The Labute approximate surface area is 873 Å². The fourth-order valence-electron chi connectivity index (χ4n) is 41.5. The van der Waals surface area contributed by atoms with Crippen LogP contribution in [0.2, 0.25) is 0 Å². The number of carbonyl (C=O) groups is 3. The molecule has 9 heterocycles. The normalized spacial score (nSPS) is 49.6. The van der Waals surface area contributed by atoms with Crippen molar-refractivity contribution in [3.63, 3.8) is 0 Å². The molecular formula is C122H193N11O11S. The van der Waals surface area contributed by atoms with Gasteiger partial charge in [-0.1, -0.05) is 133 Å². The van der Waals surface area contributed by atoms with Crippen LogP contribution in [0, 0.1) is 171 Å². The number of nitrogens with zero attached hydrogens (tertiary/aromatic N) is 5. The van der Waals surface area contributed by atoms with Crippen LogP contribution in [0.1, 0.15) is 386 Å². The maximum absolute atomic E-state index is 12.7. The van der Waals surface area contributed by atoms with Crippen molar-refractivity contribution in [3.8, 4) is 0 Å². The molecule has 2 amide bonds. The topological polar surface area (TPSA) is 280 Å². The van der Waals surface area contributed by atoms with Gasteiger partial charge in [-0.25, -0.2) is 9.82 Å². The number of hydrogen-bond donors (Lipinski definition) is 6. The maximum Gasteiger partial charge on any atom is 0.373 e. The Hall–Kier alpha value is -4.36. The molecule has 22 nitrogen and oxygen atoms in total. The summed E-state index contributed by atoms with van der Waals surface area (Å²) < 4.78 is 56.5. The highest BCUT2D eigenvalue weighted by atomic mass is 32.2. The van der Waals surface area contributed by atoms with Crippen molar-refractivity contribution >= 4 is 34.0 Å². The molecule has 1 aromatic rings. The second-order valence-electron chi connectivity index (χ2n) is 56.8. The molecule has 0 aromatic carbocycles. The summed E-state index contributed by atoms with van der Waals surface area (Å²) in [6.45, 7) is 48.2. The molecule has 0 radical (unpaired) electrons. The van der Waals surface area contributed by atoms with Crippen LogP contribution in [0.25, 0.3) is 0 Å². The lowest BCUT2D eigenvalue weighted by Crippen LogP contribution is -2.54. The van der Waals surface area contributed by atoms with Crippen molar-refractivity contribution < 1.29 is 51.3 Å². The van der Waals surface area contributed by atoms with E-state index in [-0.39, 0.29) is 52.5 Å². The highest BCUT2D eigenvalue weighted by Crippen LogP contribution is 2.72. The minimum atomic E-state index is -3.63. The molecule has 20 fully saturated rings. The lowest BCUT2D eigenvalue weighted by atomic mass is 9.52. The monoisotopic (exact) mass is 2020 g/mol. The van der Waals surface area contributed by atoms with Crippen LogP contribution < -0.4 is 31.1 Å². The highest BCUT2D eigenvalue weighted by Gasteiger charge is 2.68. The predicted octanol–water partition coefficient (Wildman–Crippen LogP) is 21.0. The number of carbonyl (C=O) groups excluding carboxylic acids is 5. The minimum Gasteiger partial charge on any atom is -0.369 e. The van der Waals surface area contributed by atoms with Gasteiger partial charge in [0.25, 0.3) is 10.2 Å². The maximum atomic E-state index is 12.7. The van der Waals surface area contributed by atoms with E-state index in [2.05, 4.69) is 170 Å². The van der Waals surface area contributed by atoms with Gasteiger partial charge in [-0.3, -0.25) is 19.3 Å². The van der Waals surface area contributed by atoms with Gasteiger partial charge in [0.05, 0.1) is 65.1 Å². The molecule has 12 saturated carbocycles. The lowest BCUT2D eigenvalue weighted by molar-refractivity contribution is -0.191. The molecular weight excluding hydrogens is 1830 g/mol. The molecule has 24 aliphatic rings. The number of likely N-dealkylation sites (N-methyl/N-ethyl adjacent to an activating group) is 1. The van der Waals surface area contributed by atoms with Gasteiger partial charge in [-0.2, -0.15) is 22.7 Å². The molecule has 4 spiro atoms. The predicted molar refractivity (Wildman–Crippen MR) is 568 cm³/mol. The molecule has 145 heavy (non-hydrogen) atoms. The number of likely N-dealkylation sites (tertiary alicyclic amines) is 1. The van der Waals surface area contributed by atoms with Crippen LogP contribution in [-0.4, -0.2) is 187 Å². The summed E-state index contributed by atoms with van der Waals surface area (Å²) in [5.41, 5.74) is 16.6. The fraction of sp³-hybridized carbons (Fsp3) is 0.885. The number of hydrogen-bond acceptors (Lipinski definition) is 17. The number of piperidine rings is 4. The van der Waals surface area contributed by atoms with Crippen LogP contribution in [0.5, 0.6) is 0 Å². The number of amides is 2. The smallest absolute Gasteiger partial charge is 0.369 e. The number of fused-ring (bicyclic) bond motifs is 24. The molecule has 1 aromatic heterocycles. The third-order valence-electron chi connectivity index (χ3n) is 49.1. The van der Waals surface area contributed by atoms with Crippen LogP contribution >= 0.6 is 0 Å². The quantitative estimate of drug-likeness (QED) is 0.144. The Morgan fingerprint density at radius 1 is 0.469 bits per heavy atom. The number of nitrogens with two attached hydrogens (primary N) is 1. The van der Waals surface area contributed by atoms with Crippen molar-refractivity contribution in [1.29, 1.82) is 0 Å². The minimum absolute atomic E-state index is 0.00757. The van der Waals surface area contributed by atoms with Gasteiger partial charge < -0.3 is 45.1 Å². The molecule has 8 aliphatic heterocycles. The van der Waals surface area contributed by atoms with Gasteiger partial charge in [-0.05, 0) is 438 Å². The average Bonchev–Trinajstić information content (AvgIpc) is 1.57. The van der Waals surface area contributed by atoms with Crippen molar-refractivity contribution in [1.82, 2.24) is 50.8 Å². The van der Waals surface area contributed by atoms with Crippen LogP contribution in [0.3, 0.4) is 0 Å². The van der Waals surface area contributed by atoms with E-state index < -0.39 is 10.2 Å². The van der Waals surface area contributed by atoms with Crippen molar-refractivity contribution in [3.05, 3.63) is 56.5 Å². The number of ketones is 1. The molecule has 7 N–H and O–H groups in total. The third-order valence-corrected chi connectivity index (χ3v) is 49.8. The summed E-state index contributed by atoms with van der Waals surface area (Å²) in [6, 6.07) is 2.93. The molecule has 16 aliphatic carbocycles. The first kappa shape index (κ1) is 106. The second-order valence-corrected chi connectivity index (χ2v) is 58.2. The van der Waals surface area contributed by atoms with Gasteiger partial charge in [0.1, 0.15) is 5.78 Å². The lowest BCUT2D eigenvalue weighted by Gasteiger charge is -2.54. The average molecular weight is 2020 g/mol. The number of nitrogens with one attached hydrogen (secondary N) is 5. The first-order valence-corrected chi connectivity index (χ1v) is 61.5. The zero-order valence-electron chi connectivity index (χ0n) is 93.3. The summed E-state index contributed by atoms with van der Waals surface area (Å²) >= 11 is 0. The molecule has 0 unspecified atom stereocenters. The second kappa shape index (κ2) is 40.4. The number of aromatic nitrogens is 3. The molecule has 0 bridgehead atoms. The number of rotatable bonds is 6. The number of ether oxygens (including phenoxy) is 4. The van der Waals surface area contributed by atoms with Gasteiger partial charge in [0.2, 0.25) is 11.8 Å². The van der Waals surface area contributed by atoms with E-state index in [1.807, 2.05) is 25.2 Å². The summed E-state index contributed by atoms with van der Waals surface area (Å²) in [5, 5.41) is 28.9. The van der Waals surface area contributed by atoms with E-state index in [0.29, 0.717) is 142 Å². The fourth-order valence-corrected chi connectivity index (χ4v) is 42.2. The van der Waals surface area contributed by atoms with Crippen molar-refractivity contribution in [2.75, 3.05) is 46.8 Å². The molecule has 43 atom stereocenters. The Balaban J connectivity index is 0.000000113. The zero-order valence-corrected chi connectivity index (χ0v) is 94.1. The molecule has 23 heteroatoms. The van der Waals surface area contributed by atoms with E-state index >= 15 is 0 Å². The van der Waals surface area contributed by atoms with Gasteiger partial charge in [0, 0.05) is 107 Å². The highest BCUT2D eigenvalue weighted by molar-refractivity contribution is 7.87. The standard InChI is InChI=1S/C32H50N2O3.C31H48N4O.C30H48N2O2.C28H47N3O3S.CO2/c1-19-13-28-30(34(17-19)18-29(36)33(5)6)21(3)32(37-28)12-10-24-25-8-7-22-14-23(35)9-11-31(22,4)27(25)15-26(24)20(2)16-32;1-18-12-28-29(32-16-18)21(4)31(36-28)11-9-24-25-7-6-22-13-23(35-17-20(3)33-34-35)8-10-30(22,5)27(25)14-26(24)19(2)15-31;1-17-12-27-28(31-16-17)19(3)30(34-27)11-9-23-24-7-6-21-13-22(32-20(4)33)8-10-29(21,5)26(24)14-25(23)18(2)15-30;1-16-11-25-26(30-15-16)18(3)28(34-25)10-8-21-22-6-5-19-12-20(31-35(29,32)33)7-9-27(19,4)24(22)13-23(21)17(2)14-28;2-1-3/h19,21-22,24-25,27-28,30H,7-18H2,1-6H3;17-18,21-25,27-29,32H,6-16H2,1-5H3;17,19,21-24,26-28,31H,6-16H2,1-5H3,(H,32,33);16,18-22,24-26,30-31H,5-15H2,1-4H3,(H2,29,32,33);/t19-,21+,22+,24-,25-,27-,28+,30-,31-,32-;18-,21+,22+,23-,24-,25-,27-,28+,29-,30-,31-;17-,19+,21+,22-,23-,24-,26-,27+,28-,29-,30-;16-,18+,19+,20-,21-,22-,24-,25+,26-,27-,28-;/m0000./s1. The largest absolute Gasteiger partial charge is 0.373 e. The SMILES string of the molecule is CC(=O)N[C@H]1CC[C@@]2(C)[C@H](CC[C@H]3[C@@H]4CC[C@@]5(CC(C)=C4C[C@@H]32)O[C@@H]2C[C@H](C)CN[C@H]2[C@H]5C)C1.CC1=C2C[C@H]3[C@@H](CC[C@@H]4CC(=O)CC[C@@]43C)[C@@H]2CC[C@@]2(C1)O[C@@H]1C[C@H](C)CN(CC(=O)N(C)C)[C@H]1[C@H]2C.CC1=C2C[C@H]3[C@@H](CC[C@@H]4C[C@@H](NS(N)(=O)=O)CC[C@@]43C)[C@@H]2CC[C@@]2(C1)O[C@@H]1C[C@H](C)CN[C@H]1[C@H]2C.CC1=C2C[C@H]3[C@@H](CC[C@@H]4C[C@@H](n5cc(C)nn5)CC[C@@]43C)[C@@H]2CC[C@@]2(C1)O[C@@H]1C[C@H](C)CN[C@H]1[C@H]2C.O=C=O. The summed E-state index contributed by atoms with van der Waals surface area (Å²) in [5.74, 6) is 18.3.